The Hall–Kier alpha value is -1.75. The van der Waals surface area contributed by atoms with Gasteiger partial charge in [0.05, 0.1) is 14.2 Å². The molecule has 1 N–H and O–H groups in total. The fraction of sp³-hybridized carbons (Fsp3) is 0.462. The van der Waals surface area contributed by atoms with Gasteiger partial charge in [-0.25, -0.2) is 0 Å². The minimum atomic E-state index is -0.837. The molecule has 0 saturated carbocycles. The van der Waals surface area contributed by atoms with E-state index in [-0.39, 0.29) is 5.97 Å². The van der Waals surface area contributed by atoms with Gasteiger partial charge in [-0.1, -0.05) is 6.07 Å². The largest absolute Gasteiger partial charge is 0.493 e. The van der Waals surface area contributed by atoms with Crippen molar-refractivity contribution in [2.45, 2.75) is 25.0 Å². The fourth-order valence-corrected chi connectivity index (χ4v) is 2.02. The lowest BCUT2D eigenvalue weighted by Gasteiger charge is -2.18. The van der Waals surface area contributed by atoms with Crippen LogP contribution >= 0.6 is 0 Å². The number of cyclic esters (lactones) is 1. The topological polar surface area (TPSA) is 65.0 Å². The van der Waals surface area contributed by atoms with Crippen LogP contribution in [-0.4, -0.2) is 31.4 Å². The van der Waals surface area contributed by atoms with Crippen LogP contribution in [0.3, 0.4) is 0 Å². The minimum absolute atomic E-state index is 0.264. The molecule has 0 amide bonds. The van der Waals surface area contributed by atoms with Gasteiger partial charge < -0.3 is 19.3 Å². The van der Waals surface area contributed by atoms with Crippen molar-refractivity contribution in [3.8, 4) is 11.5 Å². The van der Waals surface area contributed by atoms with Gasteiger partial charge in [-0.15, -0.1) is 0 Å². The molecule has 1 aromatic carbocycles. The van der Waals surface area contributed by atoms with Crippen LogP contribution in [-0.2, 0) is 9.53 Å². The summed E-state index contributed by atoms with van der Waals surface area (Å²) in [5.74, 6) is 0.870. The zero-order chi connectivity index (χ0) is 13.1. The predicted molar refractivity (Wildman–Crippen MR) is 63.6 cm³/mol. The van der Waals surface area contributed by atoms with E-state index in [2.05, 4.69) is 0 Å². The van der Waals surface area contributed by atoms with Gasteiger partial charge in [0.1, 0.15) is 12.2 Å². The van der Waals surface area contributed by atoms with Crippen molar-refractivity contribution in [2.24, 2.45) is 0 Å². The number of rotatable bonds is 4. The number of aliphatic hydroxyl groups excluding tert-OH is 1. The predicted octanol–water partition coefficient (Wildman–Crippen LogP) is 1.44. The molecule has 1 saturated heterocycles. The Kier molecular flexibility index (Phi) is 3.72. The van der Waals surface area contributed by atoms with Gasteiger partial charge >= 0.3 is 5.97 Å². The smallest absolute Gasteiger partial charge is 0.306 e. The van der Waals surface area contributed by atoms with Gasteiger partial charge in [0.2, 0.25) is 0 Å². The van der Waals surface area contributed by atoms with Gasteiger partial charge in [0, 0.05) is 6.42 Å². The molecule has 0 unspecified atom stereocenters. The summed E-state index contributed by atoms with van der Waals surface area (Å²) in [6, 6.07) is 5.14. The number of aliphatic hydroxyl groups is 1. The van der Waals surface area contributed by atoms with E-state index in [4.69, 9.17) is 14.2 Å². The Balaban J connectivity index is 2.20. The van der Waals surface area contributed by atoms with Crippen LogP contribution in [0, 0.1) is 0 Å². The third-order valence-corrected chi connectivity index (χ3v) is 3.02. The average molecular weight is 252 g/mol. The van der Waals surface area contributed by atoms with E-state index in [1.807, 2.05) is 0 Å². The number of benzene rings is 1. The van der Waals surface area contributed by atoms with Gasteiger partial charge in [0.25, 0.3) is 0 Å². The number of hydrogen-bond acceptors (Lipinski definition) is 5. The Bertz CT molecular complexity index is 443. The van der Waals surface area contributed by atoms with Crippen LogP contribution in [0.1, 0.15) is 24.5 Å². The zero-order valence-electron chi connectivity index (χ0n) is 10.4. The second-order valence-corrected chi connectivity index (χ2v) is 4.13. The summed E-state index contributed by atoms with van der Waals surface area (Å²) < 4.78 is 15.3. The van der Waals surface area contributed by atoms with Crippen LogP contribution in [0.2, 0.25) is 0 Å². The minimum Gasteiger partial charge on any atom is -0.493 e. The maximum atomic E-state index is 11.0. The average Bonchev–Trinajstić information content (AvgIpc) is 2.83. The standard InChI is InChI=1S/C13H16O5/c1-16-9-4-3-8(7-11(9)17-2)13(15)10-5-6-12(14)18-10/h3-4,7,10,13,15H,5-6H2,1-2H3/t10-,13-/m0/s1. The van der Waals surface area contributed by atoms with E-state index in [1.165, 1.54) is 7.11 Å². The quantitative estimate of drug-likeness (QED) is 0.821. The van der Waals surface area contributed by atoms with E-state index in [9.17, 15) is 9.90 Å². The SMILES string of the molecule is COc1ccc([C@H](O)[C@@H]2CCC(=O)O2)cc1OC. The van der Waals surface area contributed by atoms with Crippen molar-refractivity contribution in [1.82, 2.24) is 0 Å². The monoisotopic (exact) mass is 252 g/mol. The van der Waals surface area contributed by atoms with E-state index in [0.717, 1.165) is 0 Å². The highest BCUT2D eigenvalue weighted by Crippen LogP contribution is 2.33. The maximum absolute atomic E-state index is 11.0. The molecule has 1 aromatic rings. The first-order valence-electron chi connectivity index (χ1n) is 5.75. The maximum Gasteiger partial charge on any atom is 0.306 e. The van der Waals surface area contributed by atoms with Gasteiger partial charge in [-0.3, -0.25) is 4.79 Å². The molecule has 5 nitrogen and oxygen atoms in total. The summed E-state index contributed by atoms with van der Waals surface area (Å²) in [5.41, 5.74) is 0.646. The van der Waals surface area contributed by atoms with Gasteiger partial charge in [-0.05, 0) is 24.1 Å². The Labute approximate surface area is 105 Å². The Morgan fingerprint density at radius 2 is 2.06 bits per heavy atom. The lowest BCUT2D eigenvalue weighted by molar-refractivity contribution is -0.145. The molecular formula is C13H16O5. The van der Waals surface area contributed by atoms with E-state index >= 15 is 0 Å². The molecule has 98 valence electrons. The number of carbonyl (C=O) groups excluding carboxylic acids is 1. The first-order valence-corrected chi connectivity index (χ1v) is 5.75. The third kappa shape index (κ3) is 2.41. The number of carbonyl (C=O) groups is 1. The molecular weight excluding hydrogens is 236 g/mol. The van der Waals surface area contributed by atoms with Gasteiger partial charge in [0.15, 0.2) is 11.5 Å². The molecule has 2 rings (SSSR count). The van der Waals surface area contributed by atoms with Crippen molar-refractivity contribution < 1.29 is 24.1 Å². The van der Waals surface area contributed by atoms with Crippen molar-refractivity contribution >= 4 is 5.97 Å². The highest BCUT2D eigenvalue weighted by atomic mass is 16.6. The first kappa shape index (κ1) is 12.7. The number of hydrogen-bond donors (Lipinski definition) is 1. The molecule has 18 heavy (non-hydrogen) atoms. The summed E-state index contributed by atoms with van der Waals surface area (Å²) in [4.78, 5) is 11.0. The fourth-order valence-electron chi connectivity index (χ4n) is 2.02. The van der Waals surface area contributed by atoms with Crippen molar-refractivity contribution in [3.05, 3.63) is 23.8 Å². The summed E-state index contributed by atoms with van der Waals surface area (Å²) in [7, 11) is 3.08. The van der Waals surface area contributed by atoms with Crippen LogP contribution in [0.4, 0.5) is 0 Å². The molecule has 0 aromatic heterocycles. The van der Waals surface area contributed by atoms with Crippen LogP contribution in [0.5, 0.6) is 11.5 Å². The lowest BCUT2D eigenvalue weighted by Crippen LogP contribution is -2.18. The summed E-state index contributed by atoms with van der Waals surface area (Å²) in [6.45, 7) is 0. The Morgan fingerprint density at radius 3 is 2.61 bits per heavy atom. The molecule has 0 radical (unpaired) electrons. The molecule has 0 bridgehead atoms. The number of ether oxygens (including phenoxy) is 3. The molecule has 2 atom stereocenters. The molecule has 5 heteroatoms. The first-order chi connectivity index (χ1) is 8.65. The van der Waals surface area contributed by atoms with Crippen LogP contribution in [0.15, 0.2) is 18.2 Å². The summed E-state index contributed by atoms with van der Waals surface area (Å²) >= 11 is 0. The van der Waals surface area contributed by atoms with Crippen LogP contribution < -0.4 is 9.47 Å². The molecule has 1 fully saturated rings. The lowest BCUT2D eigenvalue weighted by atomic mass is 10.0. The van der Waals surface area contributed by atoms with Crippen molar-refractivity contribution in [3.63, 3.8) is 0 Å². The molecule has 1 heterocycles. The molecule has 0 spiro atoms. The zero-order valence-corrected chi connectivity index (χ0v) is 10.4. The van der Waals surface area contributed by atoms with E-state index in [0.29, 0.717) is 29.9 Å². The summed E-state index contributed by atoms with van der Waals surface area (Å²) in [6.07, 6.45) is -0.421. The molecule has 1 aliphatic heterocycles. The second kappa shape index (κ2) is 5.27. The second-order valence-electron chi connectivity index (χ2n) is 4.13. The normalized spacial score (nSPS) is 20.4. The van der Waals surface area contributed by atoms with Crippen molar-refractivity contribution in [1.29, 1.82) is 0 Å². The molecule has 1 aliphatic rings. The van der Waals surface area contributed by atoms with Gasteiger partial charge in [-0.2, -0.15) is 0 Å². The highest BCUT2D eigenvalue weighted by molar-refractivity contribution is 5.71. The Morgan fingerprint density at radius 1 is 1.33 bits per heavy atom. The highest BCUT2D eigenvalue weighted by Gasteiger charge is 2.31. The summed E-state index contributed by atoms with van der Waals surface area (Å²) in [5, 5.41) is 10.1. The number of methoxy groups -OCH3 is 2. The van der Waals surface area contributed by atoms with Crippen LogP contribution in [0.25, 0.3) is 0 Å². The van der Waals surface area contributed by atoms with Crippen molar-refractivity contribution in [2.75, 3.05) is 14.2 Å². The number of esters is 1. The molecule has 0 aliphatic carbocycles. The van der Waals surface area contributed by atoms with E-state index in [1.54, 1.807) is 25.3 Å². The third-order valence-electron chi connectivity index (χ3n) is 3.02. The van der Waals surface area contributed by atoms with E-state index < -0.39 is 12.2 Å².